The molecule has 0 nitrogen and oxygen atoms in total. The van der Waals surface area contributed by atoms with E-state index in [2.05, 4.69) is 13.8 Å². The first-order valence-electron chi connectivity index (χ1n) is 7.27. The van der Waals surface area contributed by atoms with Gasteiger partial charge in [-0.15, -0.1) is 0 Å². The van der Waals surface area contributed by atoms with Gasteiger partial charge in [0.25, 0.3) is 0 Å². The average Bonchev–Trinajstić information content (AvgIpc) is 2.63. The van der Waals surface area contributed by atoms with Crippen molar-refractivity contribution >= 4 is 0 Å². The third kappa shape index (κ3) is 1.56. The predicted octanol–water partition coefficient (Wildman–Crippen LogP) is 4.49. The average molecular weight is 206 g/mol. The van der Waals surface area contributed by atoms with Crippen molar-refractivity contribution in [3.05, 3.63) is 0 Å². The lowest BCUT2D eigenvalue weighted by Crippen LogP contribution is -2.31. The summed E-state index contributed by atoms with van der Waals surface area (Å²) in [5.41, 5.74) is 0. The number of hydrogen-bond acceptors (Lipinski definition) is 0. The second-order valence-corrected chi connectivity index (χ2v) is 6.69. The molecule has 0 N–H and O–H groups in total. The van der Waals surface area contributed by atoms with E-state index in [1.54, 1.807) is 25.7 Å². The van der Waals surface area contributed by atoms with Crippen LogP contribution in [0, 0.1) is 35.5 Å². The van der Waals surface area contributed by atoms with E-state index in [1.807, 2.05) is 0 Å². The molecule has 0 heterocycles. The van der Waals surface area contributed by atoms with Crippen LogP contribution in [0.3, 0.4) is 0 Å². The van der Waals surface area contributed by atoms with E-state index in [0.29, 0.717) is 0 Å². The Labute approximate surface area is 94.8 Å². The summed E-state index contributed by atoms with van der Waals surface area (Å²) in [5.74, 6) is 6.57. The summed E-state index contributed by atoms with van der Waals surface area (Å²) < 4.78 is 0. The Morgan fingerprint density at radius 3 is 2.40 bits per heavy atom. The van der Waals surface area contributed by atoms with Crippen molar-refractivity contribution in [2.75, 3.05) is 0 Å². The Balaban J connectivity index is 1.79. The molecule has 0 radical (unpaired) electrons. The minimum Gasteiger partial charge on any atom is -0.0622 e. The zero-order valence-electron chi connectivity index (χ0n) is 10.4. The van der Waals surface area contributed by atoms with Gasteiger partial charge in [0, 0.05) is 0 Å². The molecule has 0 amide bonds. The normalized spacial score (nSPS) is 54.8. The van der Waals surface area contributed by atoms with E-state index in [0.717, 1.165) is 35.5 Å². The number of hydrogen-bond donors (Lipinski definition) is 0. The molecule has 0 heteroatoms. The van der Waals surface area contributed by atoms with Gasteiger partial charge in [0.2, 0.25) is 0 Å². The van der Waals surface area contributed by atoms with Crippen molar-refractivity contribution in [3.8, 4) is 0 Å². The van der Waals surface area contributed by atoms with E-state index in [-0.39, 0.29) is 0 Å². The minimum absolute atomic E-state index is 1.01. The molecular weight excluding hydrogens is 180 g/mol. The Hall–Kier alpha value is 0. The highest BCUT2D eigenvalue weighted by Crippen LogP contribution is 2.56. The van der Waals surface area contributed by atoms with E-state index in [1.165, 1.54) is 19.3 Å². The van der Waals surface area contributed by atoms with Gasteiger partial charge < -0.3 is 0 Å². The minimum atomic E-state index is 1.01. The summed E-state index contributed by atoms with van der Waals surface area (Å²) in [5, 5.41) is 0. The molecule has 3 fully saturated rings. The Kier molecular flexibility index (Phi) is 2.57. The third-order valence-corrected chi connectivity index (χ3v) is 6.17. The molecule has 86 valence electrons. The van der Waals surface area contributed by atoms with Crippen LogP contribution in [-0.4, -0.2) is 0 Å². The molecule has 0 aromatic heterocycles. The molecule has 0 saturated heterocycles. The van der Waals surface area contributed by atoms with Gasteiger partial charge in [-0.2, -0.15) is 0 Å². The monoisotopic (exact) mass is 206 g/mol. The fourth-order valence-electron chi connectivity index (χ4n) is 5.11. The Bertz CT molecular complexity index is 232. The van der Waals surface area contributed by atoms with Gasteiger partial charge in [0.1, 0.15) is 0 Å². The fraction of sp³-hybridized carbons (Fsp3) is 1.00. The molecule has 0 bridgehead atoms. The smallest absolute Gasteiger partial charge is 0.0352 e. The van der Waals surface area contributed by atoms with Crippen LogP contribution in [0.5, 0.6) is 0 Å². The van der Waals surface area contributed by atoms with E-state index >= 15 is 0 Å². The van der Waals surface area contributed by atoms with Crippen LogP contribution in [0.1, 0.15) is 58.8 Å². The maximum absolute atomic E-state index is 2.54. The van der Waals surface area contributed by atoms with Crippen LogP contribution in [0.25, 0.3) is 0 Å². The number of rotatable bonds is 0. The second-order valence-electron chi connectivity index (χ2n) is 6.69. The maximum Gasteiger partial charge on any atom is -0.0352 e. The van der Waals surface area contributed by atoms with Crippen molar-refractivity contribution in [3.63, 3.8) is 0 Å². The van der Waals surface area contributed by atoms with Gasteiger partial charge in [-0.05, 0) is 54.8 Å². The highest BCUT2D eigenvalue weighted by atomic mass is 14.5. The molecular formula is C15H26. The Morgan fingerprint density at radius 2 is 1.53 bits per heavy atom. The van der Waals surface area contributed by atoms with Crippen LogP contribution < -0.4 is 0 Å². The predicted molar refractivity (Wildman–Crippen MR) is 64.6 cm³/mol. The van der Waals surface area contributed by atoms with Crippen LogP contribution in [0.4, 0.5) is 0 Å². The molecule has 0 aliphatic heterocycles. The summed E-state index contributed by atoms with van der Waals surface area (Å²) in [6.07, 6.45) is 10.9. The lowest BCUT2D eigenvalue weighted by Gasteiger charge is -2.39. The van der Waals surface area contributed by atoms with Crippen molar-refractivity contribution < 1.29 is 0 Å². The molecule has 6 atom stereocenters. The summed E-state index contributed by atoms with van der Waals surface area (Å²) in [7, 11) is 0. The zero-order chi connectivity index (χ0) is 10.4. The molecule has 0 spiro atoms. The third-order valence-electron chi connectivity index (χ3n) is 6.17. The summed E-state index contributed by atoms with van der Waals surface area (Å²) >= 11 is 0. The van der Waals surface area contributed by atoms with Crippen LogP contribution in [0.15, 0.2) is 0 Å². The van der Waals surface area contributed by atoms with Crippen LogP contribution >= 0.6 is 0 Å². The first-order chi connectivity index (χ1) is 7.27. The van der Waals surface area contributed by atoms with E-state index < -0.39 is 0 Å². The van der Waals surface area contributed by atoms with Gasteiger partial charge in [0.05, 0.1) is 0 Å². The molecule has 0 aromatic rings. The summed E-state index contributed by atoms with van der Waals surface area (Å²) in [6.45, 7) is 5.03. The van der Waals surface area contributed by atoms with Crippen molar-refractivity contribution in [2.24, 2.45) is 35.5 Å². The van der Waals surface area contributed by atoms with Crippen LogP contribution in [-0.2, 0) is 0 Å². The molecule has 3 aliphatic carbocycles. The fourth-order valence-corrected chi connectivity index (χ4v) is 5.11. The SMILES string of the molecule is CC1CCC2C3CCCCC3CC2C1C. The van der Waals surface area contributed by atoms with E-state index in [4.69, 9.17) is 0 Å². The lowest BCUT2D eigenvalue weighted by molar-refractivity contribution is 0.106. The second kappa shape index (κ2) is 3.79. The van der Waals surface area contributed by atoms with Gasteiger partial charge in [-0.3, -0.25) is 0 Å². The van der Waals surface area contributed by atoms with Gasteiger partial charge in [-0.25, -0.2) is 0 Å². The summed E-state index contributed by atoms with van der Waals surface area (Å²) in [6, 6.07) is 0. The van der Waals surface area contributed by atoms with Gasteiger partial charge in [0.15, 0.2) is 0 Å². The van der Waals surface area contributed by atoms with Crippen LogP contribution in [0.2, 0.25) is 0 Å². The Morgan fingerprint density at radius 1 is 0.733 bits per heavy atom. The number of fused-ring (bicyclic) bond motifs is 3. The standard InChI is InChI=1S/C15H26/c1-10-7-8-14-13-6-4-3-5-12(13)9-15(14)11(10)2/h10-15H,3-9H2,1-2H3. The molecule has 3 saturated carbocycles. The largest absolute Gasteiger partial charge is 0.0622 e. The highest BCUT2D eigenvalue weighted by molar-refractivity contribution is 4.97. The maximum atomic E-state index is 2.54. The molecule has 15 heavy (non-hydrogen) atoms. The lowest BCUT2D eigenvalue weighted by atomic mass is 9.67. The first-order valence-corrected chi connectivity index (χ1v) is 7.27. The van der Waals surface area contributed by atoms with Crippen molar-refractivity contribution in [2.45, 2.75) is 58.8 Å². The van der Waals surface area contributed by atoms with E-state index in [9.17, 15) is 0 Å². The van der Waals surface area contributed by atoms with Crippen molar-refractivity contribution in [1.29, 1.82) is 0 Å². The van der Waals surface area contributed by atoms with Gasteiger partial charge in [-0.1, -0.05) is 39.5 Å². The topological polar surface area (TPSA) is 0 Å². The quantitative estimate of drug-likeness (QED) is 0.547. The summed E-state index contributed by atoms with van der Waals surface area (Å²) in [4.78, 5) is 0. The molecule has 0 aromatic carbocycles. The molecule has 6 unspecified atom stereocenters. The zero-order valence-corrected chi connectivity index (χ0v) is 10.4. The first kappa shape index (κ1) is 10.2. The molecule has 3 rings (SSSR count). The molecule has 3 aliphatic rings. The van der Waals surface area contributed by atoms with Crippen molar-refractivity contribution in [1.82, 2.24) is 0 Å². The highest BCUT2D eigenvalue weighted by Gasteiger charge is 2.48. The van der Waals surface area contributed by atoms with Gasteiger partial charge >= 0.3 is 0 Å².